The van der Waals surface area contributed by atoms with Gasteiger partial charge in [0.25, 0.3) is 5.91 Å². The SMILES string of the molecule is C.CCCc1cc(-c2ccc(CN[C@H](C(=O)NO)[C@@H](C)O)cc2)ccc1OC. The lowest BCUT2D eigenvalue weighted by Gasteiger charge is -2.19. The van der Waals surface area contributed by atoms with Crippen molar-refractivity contribution in [2.45, 2.75) is 52.8 Å². The second-order valence-electron chi connectivity index (χ2n) is 6.55. The Balaban J connectivity index is 0.00000392. The van der Waals surface area contributed by atoms with Crippen molar-refractivity contribution in [3.8, 4) is 16.9 Å². The minimum atomic E-state index is -0.923. The third-order valence-corrected chi connectivity index (χ3v) is 4.49. The zero-order valence-corrected chi connectivity index (χ0v) is 16.0. The molecule has 6 heteroatoms. The highest BCUT2D eigenvalue weighted by atomic mass is 16.5. The van der Waals surface area contributed by atoms with Crippen LogP contribution in [-0.2, 0) is 17.8 Å². The summed E-state index contributed by atoms with van der Waals surface area (Å²) >= 11 is 0. The lowest BCUT2D eigenvalue weighted by Crippen LogP contribution is -2.49. The summed E-state index contributed by atoms with van der Waals surface area (Å²) in [5, 5.41) is 21.4. The molecule has 0 aliphatic carbocycles. The van der Waals surface area contributed by atoms with Gasteiger partial charge in [-0.05, 0) is 47.7 Å². The standard InChI is InChI=1S/C21H28N2O4.CH4/c1-4-5-18-12-17(10-11-19(18)27-3)16-8-6-15(7-9-16)13-22-20(14(2)24)21(25)23-26;/h6-12,14,20,22,24,26H,4-5,13H2,1-3H3,(H,23,25);1H4/t14-,20+;/m1./s1. The van der Waals surface area contributed by atoms with Gasteiger partial charge in [-0.15, -0.1) is 0 Å². The minimum absolute atomic E-state index is 0. The fourth-order valence-electron chi connectivity index (χ4n) is 3.02. The van der Waals surface area contributed by atoms with E-state index >= 15 is 0 Å². The maximum Gasteiger partial charge on any atom is 0.263 e. The molecule has 0 saturated heterocycles. The van der Waals surface area contributed by atoms with Crippen LogP contribution in [0.1, 0.15) is 38.8 Å². The van der Waals surface area contributed by atoms with Crippen LogP contribution in [0.4, 0.5) is 0 Å². The molecule has 4 N–H and O–H groups in total. The van der Waals surface area contributed by atoms with Crippen molar-refractivity contribution in [2.75, 3.05) is 7.11 Å². The van der Waals surface area contributed by atoms with Gasteiger partial charge in [0, 0.05) is 6.54 Å². The van der Waals surface area contributed by atoms with E-state index in [1.807, 2.05) is 36.4 Å². The first-order chi connectivity index (χ1) is 13.0. The lowest BCUT2D eigenvalue weighted by molar-refractivity contribution is -0.134. The highest BCUT2D eigenvalue weighted by Gasteiger charge is 2.22. The predicted octanol–water partition coefficient (Wildman–Crippen LogP) is 3.30. The average Bonchev–Trinajstić information content (AvgIpc) is 2.68. The van der Waals surface area contributed by atoms with E-state index in [2.05, 4.69) is 18.3 Å². The number of hydrogen-bond donors (Lipinski definition) is 4. The number of carbonyl (C=O) groups excluding carboxylic acids is 1. The first kappa shape index (κ1) is 23.6. The highest BCUT2D eigenvalue weighted by molar-refractivity contribution is 5.81. The maximum atomic E-state index is 11.6. The number of hydrogen-bond acceptors (Lipinski definition) is 5. The summed E-state index contributed by atoms with van der Waals surface area (Å²) in [7, 11) is 1.69. The van der Waals surface area contributed by atoms with Crippen molar-refractivity contribution in [2.24, 2.45) is 0 Å². The number of benzene rings is 2. The number of methoxy groups -OCH3 is 1. The normalized spacial score (nSPS) is 12.6. The van der Waals surface area contributed by atoms with Gasteiger partial charge >= 0.3 is 0 Å². The smallest absolute Gasteiger partial charge is 0.263 e. The molecular formula is C22H32N2O4. The van der Waals surface area contributed by atoms with Gasteiger partial charge in [-0.3, -0.25) is 15.3 Å². The van der Waals surface area contributed by atoms with Crippen molar-refractivity contribution in [1.29, 1.82) is 0 Å². The molecule has 6 nitrogen and oxygen atoms in total. The Morgan fingerprint density at radius 2 is 1.79 bits per heavy atom. The van der Waals surface area contributed by atoms with Crippen LogP contribution >= 0.6 is 0 Å². The number of amides is 1. The van der Waals surface area contributed by atoms with Crippen molar-refractivity contribution in [3.63, 3.8) is 0 Å². The predicted molar refractivity (Wildman–Crippen MR) is 111 cm³/mol. The lowest BCUT2D eigenvalue weighted by atomic mass is 9.99. The molecule has 2 aromatic rings. The zero-order valence-electron chi connectivity index (χ0n) is 16.0. The summed E-state index contributed by atoms with van der Waals surface area (Å²) < 4.78 is 5.43. The summed E-state index contributed by atoms with van der Waals surface area (Å²) in [6.07, 6.45) is 1.09. The van der Waals surface area contributed by atoms with E-state index in [1.165, 1.54) is 12.5 Å². The summed E-state index contributed by atoms with van der Waals surface area (Å²) in [6.45, 7) is 4.03. The summed E-state index contributed by atoms with van der Waals surface area (Å²) in [5.74, 6) is 0.246. The first-order valence-electron chi connectivity index (χ1n) is 9.11. The van der Waals surface area contributed by atoms with Crippen LogP contribution in [0.2, 0.25) is 0 Å². The number of hydroxylamine groups is 1. The third kappa shape index (κ3) is 6.05. The maximum absolute atomic E-state index is 11.6. The molecule has 0 fully saturated rings. The number of aliphatic hydroxyl groups excluding tert-OH is 1. The zero-order chi connectivity index (χ0) is 19.8. The van der Waals surface area contributed by atoms with E-state index in [0.717, 1.165) is 35.3 Å². The van der Waals surface area contributed by atoms with E-state index in [0.29, 0.717) is 6.54 Å². The van der Waals surface area contributed by atoms with Gasteiger partial charge in [-0.25, -0.2) is 5.48 Å². The van der Waals surface area contributed by atoms with Crippen LogP contribution in [0.15, 0.2) is 42.5 Å². The van der Waals surface area contributed by atoms with E-state index in [9.17, 15) is 9.90 Å². The Bertz CT molecular complexity index is 745. The second-order valence-corrected chi connectivity index (χ2v) is 6.55. The Morgan fingerprint density at radius 1 is 1.14 bits per heavy atom. The molecule has 0 heterocycles. The molecule has 2 atom stereocenters. The van der Waals surface area contributed by atoms with E-state index < -0.39 is 18.1 Å². The van der Waals surface area contributed by atoms with Gasteiger partial charge in [0.05, 0.1) is 13.2 Å². The molecule has 154 valence electrons. The fraction of sp³-hybridized carbons (Fsp3) is 0.409. The molecule has 1 amide bonds. The summed E-state index contributed by atoms with van der Waals surface area (Å²) in [6, 6.07) is 13.3. The highest BCUT2D eigenvalue weighted by Crippen LogP contribution is 2.27. The van der Waals surface area contributed by atoms with Crippen molar-refractivity contribution in [3.05, 3.63) is 53.6 Å². The fourth-order valence-corrected chi connectivity index (χ4v) is 3.02. The van der Waals surface area contributed by atoms with Gasteiger partial charge < -0.3 is 9.84 Å². The molecule has 0 bridgehead atoms. The Hall–Kier alpha value is -2.41. The summed E-state index contributed by atoms with van der Waals surface area (Å²) in [4.78, 5) is 11.6. The number of carbonyl (C=O) groups is 1. The van der Waals surface area contributed by atoms with E-state index in [1.54, 1.807) is 12.6 Å². The Morgan fingerprint density at radius 3 is 2.32 bits per heavy atom. The van der Waals surface area contributed by atoms with Crippen LogP contribution < -0.4 is 15.5 Å². The van der Waals surface area contributed by atoms with Crippen molar-refractivity contribution in [1.82, 2.24) is 10.8 Å². The molecule has 0 saturated carbocycles. The van der Waals surface area contributed by atoms with Crippen LogP contribution in [0, 0.1) is 0 Å². The van der Waals surface area contributed by atoms with Crippen LogP contribution in [-0.4, -0.2) is 35.5 Å². The molecule has 0 aliphatic rings. The number of nitrogens with one attached hydrogen (secondary N) is 2. The van der Waals surface area contributed by atoms with Crippen molar-refractivity contribution < 1.29 is 19.8 Å². The largest absolute Gasteiger partial charge is 0.496 e. The molecule has 28 heavy (non-hydrogen) atoms. The van der Waals surface area contributed by atoms with Gasteiger partial charge in [-0.1, -0.05) is 51.1 Å². The molecule has 0 spiro atoms. The summed E-state index contributed by atoms with van der Waals surface area (Å²) in [5.41, 5.74) is 5.95. The molecular weight excluding hydrogens is 356 g/mol. The molecule has 0 unspecified atom stereocenters. The van der Waals surface area contributed by atoms with Crippen LogP contribution in [0.3, 0.4) is 0 Å². The first-order valence-corrected chi connectivity index (χ1v) is 9.11. The minimum Gasteiger partial charge on any atom is -0.496 e. The number of aryl methyl sites for hydroxylation is 1. The average molecular weight is 389 g/mol. The molecule has 0 aromatic heterocycles. The second kappa shape index (κ2) is 11.4. The topological polar surface area (TPSA) is 90.8 Å². The van der Waals surface area contributed by atoms with Gasteiger partial charge in [0.2, 0.25) is 0 Å². The van der Waals surface area contributed by atoms with Gasteiger partial charge in [-0.2, -0.15) is 0 Å². The number of ether oxygens (including phenoxy) is 1. The third-order valence-electron chi connectivity index (χ3n) is 4.49. The Kier molecular flexibility index (Phi) is 9.65. The Labute approximate surface area is 167 Å². The molecule has 0 radical (unpaired) electrons. The quantitative estimate of drug-likeness (QED) is 0.391. The molecule has 2 aromatic carbocycles. The molecule has 2 rings (SSSR count). The molecule has 0 aliphatic heterocycles. The van der Waals surface area contributed by atoms with Gasteiger partial charge in [0.15, 0.2) is 0 Å². The van der Waals surface area contributed by atoms with E-state index in [4.69, 9.17) is 9.94 Å². The van der Waals surface area contributed by atoms with Crippen LogP contribution in [0.25, 0.3) is 11.1 Å². The van der Waals surface area contributed by atoms with E-state index in [-0.39, 0.29) is 7.43 Å². The van der Waals surface area contributed by atoms with Crippen LogP contribution in [0.5, 0.6) is 5.75 Å². The van der Waals surface area contributed by atoms with Crippen molar-refractivity contribution >= 4 is 5.91 Å². The number of rotatable bonds is 9. The van der Waals surface area contributed by atoms with Gasteiger partial charge in [0.1, 0.15) is 11.8 Å². The number of aliphatic hydroxyl groups is 1. The monoisotopic (exact) mass is 388 g/mol.